The summed E-state index contributed by atoms with van der Waals surface area (Å²) < 4.78 is 0. The maximum absolute atomic E-state index is 4.74. The highest BCUT2D eigenvalue weighted by Crippen LogP contribution is 2.44. The molecule has 0 fully saturated rings. The van der Waals surface area contributed by atoms with Crippen LogP contribution in [-0.2, 0) is 0 Å². The normalized spacial score (nSPS) is 13.9. The van der Waals surface area contributed by atoms with Crippen molar-refractivity contribution in [3.05, 3.63) is 157 Å². The van der Waals surface area contributed by atoms with Gasteiger partial charge in [-0.15, -0.1) is 0 Å². The van der Waals surface area contributed by atoms with E-state index in [0.29, 0.717) is 0 Å². The number of quaternary nitrogens is 1. The molecule has 2 heteroatoms. The molecule has 1 heterocycles. The van der Waals surface area contributed by atoms with E-state index in [-0.39, 0.29) is 0 Å². The molecule has 0 saturated heterocycles. The highest BCUT2D eigenvalue weighted by atomic mass is 15.6. The van der Waals surface area contributed by atoms with Crippen LogP contribution in [0.3, 0.4) is 0 Å². The van der Waals surface area contributed by atoms with Crippen molar-refractivity contribution >= 4 is 38.6 Å². The van der Waals surface area contributed by atoms with Gasteiger partial charge in [0.05, 0.1) is 0 Å². The Labute approximate surface area is 233 Å². The number of nitrogens with one attached hydrogen (secondary N) is 1. The quantitative estimate of drug-likeness (QED) is 0.227. The maximum atomic E-state index is 4.74. The predicted molar refractivity (Wildman–Crippen MR) is 168 cm³/mol. The molecule has 188 valence electrons. The van der Waals surface area contributed by atoms with Crippen LogP contribution in [0.5, 0.6) is 0 Å². The van der Waals surface area contributed by atoms with Crippen molar-refractivity contribution in [2.75, 3.05) is 0 Å². The third kappa shape index (κ3) is 3.62. The third-order valence-corrected chi connectivity index (χ3v) is 8.05. The fourth-order valence-corrected chi connectivity index (χ4v) is 6.12. The molecule has 1 unspecified atom stereocenters. The summed E-state index contributed by atoms with van der Waals surface area (Å²) in [7, 11) is 0. The molecule has 1 aliphatic heterocycles. The molecule has 8 rings (SSSR count). The molecule has 7 aromatic carbocycles. The van der Waals surface area contributed by atoms with Crippen molar-refractivity contribution in [1.82, 2.24) is 0 Å². The van der Waals surface area contributed by atoms with Gasteiger partial charge in [0, 0.05) is 0 Å². The van der Waals surface area contributed by atoms with Crippen LogP contribution in [0.1, 0.15) is 0 Å². The first-order valence-electron chi connectivity index (χ1n) is 13.7. The minimum absolute atomic E-state index is 1.07. The summed E-state index contributed by atoms with van der Waals surface area (Å²) in [4.78, 5) is 0. The first-order chi connectivity index (χ1) is 19.8. The number of hydrogen-bond acceptors (Lipinski definition) is 0. The summed E-state index contributed by atoms with van der Waals surface area (Å²) in [6.45, 7) is 0. The standard InChI is InChI=1S/C38H26N2/c1-2-10-26(11-3-1)27-18-20-28(21-19-27)37-31-12-4-6-14-33(31)38(34-15-7-5-13-32(34)37)29-22-24-30(25-23-29)40-36-17-9-8-16-35(36)39-40/h1-25,40H. The Bertz CT molecular complexity index is 1950. The van der Waals surface area contributed by atoms with Crippen molar-refractivity contribution < 1.29 is 5.01 Å². The molecular weight excluding hydrogens is 484 g/mol. The molecular formula is C38H26N2. The summed E-state index contributed by atoms with van der Waals surface area (Å²) in [5.74, 6) is 0. The zero-order chi connectivity index (χ0) is 26.5. The highest BCUT2D eigenvalue weighted by Gasteiger charge is 2.20. The maximum Gasteiger partial charge on any atom is 0.131 e. The Kier molecular flexibility index (Phi) is 5.26. The molecule has 0 saturated carbocycles. The summed E-state index contributed by atoms with van der Waals surface area (Å²) in [5.41, 5.74) is 15.7. The lowest BCUT2D eigenvalue weighted by molar-refractivity contribution is -0.727. The molecule has 0 amide bonds. The van der Waals surface area contributed by atoms with Gasteiger partial charge in [0.25, 0.3) is 0 Å². The Morgan fingerprint density at radius 2 is 0.775 bits per heavy atom. The lowest BCUT2D eigenvalue weighted by Gasteiger charge is -2.43. The van der Waals surface area contributed by atoms with E-state index in [9.17, 15) is 0 Å². The Balaban J connectivity index is 1.28. The molecule has 0 aromatic heterocycles. The van der Waals surface area contributed by atoms with Crippen LogP contribution in [0.25, 0.3) is 60.4 Å². The lowest BCUT2D eigenvalue weighted by Crippen LogP contribution is -3.01. The van der Waals surface area contributed by atoms with Crippen LogP contribution in [0.4, 0.5) is 17.1 Å². The first-order valence-corrected chi connectivity index (χ1v) is 13.7. The predicted octanol–water partition coefficient (Wildman–Crippen LogP) is 9.78. The average molecular weight is 511 g/mol. The molecule has 0 aliphatic carbocycles. The van der Waals surface area contributed by atoms with E-state index in [1.807, 2.05) is 6.07 Å². The van der Waals surface area contributed by atoms with E-state index in [0.717, 1.165) is 16.4 Å². The van der Waals surface area contributed by atoms with Crippen molar-refractivity contribution in [2.24, 2.45) is 0 Å². The first kappa shape index (κ1) is 22.8. The number of benzene rings is 7. The van der Waals surface area contributed by atoms with Gasteiger partial charge in [-0.05, 0) is 90.9 Å². The number of rotatable bonds is 4. The Morgan fingerprint density at radius 3 is 1.32 bits per heavy atom. The monoisotopic (exact) mass is 510 g/mol. The SMILES string of the molecule is c1ccc(-c2ccc(-c3c4ccccc4c(-c4ccc([NH+]5[N-]c6ccccc65)cc4)c4ccccc34)cc2)cc1. The zero-order valence-electron chi connectivity index (χ0n) is 21.9. The molecule has 0 radical (unpaired) electrons. The van der Waals surface area contributed by atoms with E-state index in [2.05, 4.69) is 146 Å². The van der Waals surface area contributed by atoms with Gasteiger partial charge >= 0.3 is 0 Å². The van der Waals surface area contributed by atoms with E-state index in [1.54, 1.807) is 0 Å². The number of fused-ring (bicyclic) bond motifs is 3. The zero-order valence-corrected chi connectivity index (χ0v) is 21.9. The highest BCUT2D eigenvalue weighted by molar-refractivity contribution is 6.21. The van der Waals surface area contributed by atoms with E-state index in [4.69, 9.17) is 5.43 Å². The van der Waals surface area contributed by atoms with Gasteiger partial charge in [-0.25, -0.2) is 0 Å². The molecule has 40 heavy (non-hydrogen) atoms. The van der Waals surface area contributed by atoms with Crippen molar-refractivity contribution in [2.45, 2.75) is 0 Å². The van der Waals surface area contributed by atoms with Crippen molar-refractivity contribution in [3.8, 4) is 33.4 Å². The fraction of sp³-hybridized carbons (Fsp3) is 0. The summed E-state index contributed by atoms with van der Waals surface area (Å²) in [6, 6.07) is 54.5. The average Bonchev–Trinajstić information content (AvgIpc) is 3.01. The molecule has 2 nitrogen and oxygen atoms in total. The van der Waals surface area contributed by atoms with Gasteiger partial charge in [0.15, 0.2) is 0 Å². The lowest BCUT2D eigenvalue weighted by atomic mass is 9.85. The fourth-order valence-electron chi connectivity index (χ4n) is 6.12. The summed E-state index contributed by atoms with van der Waals surface area (Å²) in [6.07, 6.45) is 0. The minimum atomic E-state index is 1.07. The molecule has 0 bridgehead atoms. The Morgan fingerprint density at radius 1 is 0.350 bits per heavy atom. The second-order valence-electron chi connectivity index (χ2n) is 10.3. The smallest absolute Gasteiger partial charge is 0.131 e. The molecule has 1 aliphatic rings. The van der Waals surface area contributed by atoms with Crippen LogP contribution >= 0.6 is 0 Å². The van der Waals surface area contributed by atoms with Gasteiger partial charge in [-0.2, -0.15) is 0 Å². The van der Waals surface area contributed by atoms with E-state index < -0.39 is 0 Å². The largest absolute Gasteiger partial charge is 0.473 e. The minimum Gasteiger partial charge on any atom is -0.473 e. The van der Waals surface area contributed by atoms with Gasteiger partial charge in [0.2, 0.25) is 0 Å². The van der Waals surface area contributed by atoms with E-state index in [1.165, 1.54) is 60.6 Å². The topological polar surface area (TPSA) is 18.5 Å². The summed E-state index contributed by atoms with van der Waals surface area (Å²) in [5, 5.41) is 6.14. The third-order valence-electron chi connectivity index (χ3n) is 8.05. The van der Waals surface area contributed by atoms with Crippen LogP contribution in [-0.4, -0.2) is 0 Å². The molecule has 1 N–H and O–H groups in total. The number of nitrogens with zero attached hydrogens (tertiary/aromatic N) is 1. The van der Waals surface area contributed by atoms with Gasteiger partial charge in [0.1, 0.15) is 11.4 Å². The molecule has 1 atom stereocenters. The van der Waals surface area contributed by atoms with Crippen molar-refractivity contribution in [3.63, 3.8) is 0 Å². The second kappa shape index (κ2) is 9.23. The number of hydrogen-bond donors (Lipinski definition) is 1. The van der Waals surface area contributed by atoms with E-state index >= 15 is 0 Å². The van der Waals surface area contributed by atoms with Crippen LogP contribution in [0.2, 0.25) is 0 Å². The van der Waals surface area contributed by atoms with Crippen LogP contribution in [0, 0.1) is 0 Å². The van der Waals surface area contributed by atoms with Crippen molar-refractivity contribution in [1.29, 1.82) is 0 Å². The number of para-hydroxylation sites is 2. The van der Waals surface area contributed by atoms with Gasteiger partial charge in [-0.3, -0.25) is 0 Å². The summed E-state index contributed by atoms with van der Waals surface area (Å²) >= 11 is 0. The second-order valence-corrected chi connectivity index (χ2v) is 10.3. The Hall–Kier alpha value is -5.18. The van der Waals surface area contributed by atoms with Crippen LogP contribution < -0.4 is 5.01 Å². The van der Waals surface area contributed by atoms with Crippen LogP contribution in [0.15, 0.2) is 152 Å². The molecule has 7 aromatic rings. The van der Waals surface area contributed by atoms with Gasteiger partial charge < -0.3 is 10.4 Å². The molecule has 0 spiro atoms. The van der Waals surface area contributed by atoms with Gasteiger partial charge in [-0.1, -0.05) is 121 Å².